The van der Waals surface area contributed by atoms with E-state index in [1.165, 1.54) is 11.3 Å². The van der Waals surface area contributed by atoms with Crippen molar-refractivity contribution in [3.63, 3.8) is 0 Å². The Hall–Kier alpha value is -1.03. The molecule has 0 spiro atoms. The molecule has 1 heterocycles. The van der Waals surface area contributed by atoms with Crippen LogP contribution in [0, 0.1) is 0 Å². The maximum atomic E-state index is 10.9. The van der Waals surface area contributed by atoms with Gasteiger partial charge in [0, 0.05) is 12.6 Å². The summed E-state index contributed by atoms with van der Waals surface area (Å²) in [5.74, 6) is -0.833. The molecule has 0 radical (unpaired) electrons. The van der Waals surface area contributed by atoms with Crippen LogP contribution in [-0.4, -0.2) is 23.7 Å². The minimum Gasteiger partial charge on any atom is -0.477 e. The zero-order valence-electron chi connectivity index (χ0n) is 10.8. The highest BCUT2D eigenvalue weighted by molar-refractivity contribution is 7.17. The second-order valence-electron chi connectivity index (χ2n) is 4.25. The van der Waals surface area contributed by atoms with Crippen LogP contribution >= 0.6 is 11.3 Å². The lowest BCUT2D eigenvalue weighted by Crippen LogP contribution is -2.32. The minimum atomic E-state index is -0.833. The predicted molar refractivity (Wildman–Crippen MR) is 73.3 cm³/mol. The number of carboxylic acid groups (broad SMARTS) is 1. The molecule has 0 aromatic carbocycles. The molecule has 1 atom stereocenters. The number of hydrogen-bond acceptors (Lipinski definition) is 3. The fourth-order valence-electron chi connectivity index (χ4n) is 1.69. The first kappa shape index (κ1) is 14.0. The first-order valence-electron chi connectivity index (χ1n) is 6.19. The molecule has 4 heteroatoms. The Labute approximate surface area is 107 Å². The van der Waals surface area contributed by atoms with Gasteiger partial charge in [-0.1, -0.05) is 20.3 Å². The summed E-state index contributed by atoms with van der Waals surface area (Å²) in [6.45, 7) is 7.53. The van der Waals surface area contributed by atoms with Crippen molar-refractivity contribution in [1.82, 2.24) is 0 Å². The predicted octanol–water partition coefficient (Wildman–Crippen LogP) is 3.85. The third kappa shape index (κ3) is 3.73. The first-order valence-corrected chi connectivity index (χ1v) is 7.01. The summed E-state index contributed by atoms with van der Waals surface area (Å²) in [5, 5.41) is 10.0. The molecule has 0 fully saturated rings. The molecule has 0 aliphatic carbocycles. The van der Waals surface area contributed by atoms with Crippen molar-refractivity contribution < 1.29 is 9.90 Å². The number of thiophene rings is 1. The van der Waals surface area contributed by atoms with E-state index in [-0.39, 0.29) is 0 Å². The number of unbranched alkanes of at least 4 members (excludes halogenated alkanes) is 1. The Balaban J connectivity index is 2.83. The first-order chi connectivity index (χ1) is 8.10. The normalized spacial score (nSPS) is 12.4. The summed E-state index contributed by atoms with van der Waals surface area (Å²) >= 11 is 1.37. The highest BCUT2D eigenvalue weighted by Crippen LogP contribution is 2.28. The third-order valence-corrected chi connectivity index (χ3v) is 4.07. The van der Waals surface area contributed by atoms with Crippen molar-refractivity contribution in [3.05, 3.63) is 17.0 Å². The SMILES string of the molecule is CCCCN(c1ccc(C(=O)O)s1)C(C)CC. The molecule has 0 saturated heterocycles. The fraction of sp³-hybridized carbons (Fsp3) is 0.615. The van der Waals surface area contributed by atoms with Gasteiger partial charge in [-0.05, 0) is 31.9 Å². The van der Waals surface area contributed by atoms with Gasteiger partial charge in [-0.3, -0.25) is 0 Å². The lowest BCUT2D eigenvalue weighted by atomic mass is 10.2. The summed E-state index contributed by atoms with van der Waals surface area (Å²) in [6, 6.07) is 4.08. The monoisotopic (exact) mass is 255 g/mol. The van der Waals surface area contributed by atoms with Gasteiger partial charge in [0.25, 0.3) is 0 Å². The molecule has 3 nitrogen and oxygen atoms in total. The number of nitrogens with zero attached hydrogens (tertiary/aromatic N) is 1. The smallest absolute Gasteiger partial charge is 0.345 e. The molecule has 17 heavy (non-hydrogen) atoms. The molecule has 96 valence electrons. The summed E-state index contributed by atoms with van der Waals surface area (Å²) < 4.78 is 0. The molecule has 0 bridgehead atoms. The molecule has 1 aromatic rings. The van der Waals surface area contributed by atoms with Gasteiger partial charge in [0.2, 0.25) is 0 Å². The summed E-state index contributed by atoms with van der Waals surface area (Å²) in [4.78, 5) is 13.6. The van der Waals surface area contributed by atoms with Crippen LogP contribution < -0.4 is 4.90 Å². The second-order valence-corrected chi connectivity index (χ2v) is 5.31. The Morgan fingerprint density at radius 2 is 2.18 bits per heavy atom. The van der Waals surface area contributed by atoms with E-state index in [2.05, 4.69) is 25.7 Å². The standard InChI is InChI=1S/C13H21NO2S/c1-4-6-9-14(10(3)5-2)12-8-7-11(17-12)13(15)16/h7-8,10H,4-6,9H2,1-3H3,(H,15,16). The van der Waals surface area contributed by atoms with Crippen LogP contribution in [0.3, 0.4) is 0 Å². The molecule has 0 amide bonds. The Morgan fingerprint density at radius 3 is 2.65 bits per heavy atom. The van der Waals surface area contributed by atoms with Crippen molar-refractivity contribution in [2.75, 3.05) is 11.4 Å². The van der Waals surface area contributed by atoms with E-state index >= 15 is 0 Å². The molecule has 1 aromatic heterocycles. The number of carbonyl (C=O) groups is 1. The van der Waals surface area contributed by atoms with E-state index < -0.39 is 5.97 Å². The number of anilines is 1. The van der Waals surface area contributed by atoms with E-state index in [0.29, 0.717) is 10.9 Å². The lowest BCUT2D eigenvalue weighted by Gasteiger charge is -2.29. The van der Waals surface area contributed by atoms with Crippen LogP contribution in [0.15, 0.2) is 12.1 Å². The zero-order valence-corrected chi connectivity index (χ0v) is 11.6. The molecule has 1 unspecified atom stereocenters. The molecular weight excluding hydrogens is 234 g/mol. The molecular formula is C13H21NO2S. The van der Waals surface area contributed by atoms with Gasteiger partial charge in [0.05, 0.1) is 5.00 Å². The zero-order chi connectivity index (χ0) is 12.8. The van der Waals surface area contributed by atoms with Gasteiger partial charge in [-0.25, -0.2) is 4.79 Å². The lowest BCUT2D eigenvalue weighted by molar-refractivity contribution is 0.0702. The van der Waals surface area contributed by atoms with Crippen LogP contribution in [0.25, 0.3) is 0 Å². The van der Waals surface area contributed by atoms with Crippen molar-refractivity contribution >= 4 is 22.3 Å². The summed E-state index contributed by atoms with van der Waals surface area (Å²) in [5.41, 5.74) is 0. The van der Waals surface area contributed by atoms with Crippen LogP contribution in [0.4, 0.5) is 5.00 Å². The maximum Gasteiger partial charge on any atom is 0.345 e. The van der Waals surface area contributed by atoms with E-state index in [1.54, 1.807) is 6.07 Å². The van der Waals surface area contributed by atoms with Crippen LogP contribution in [-0.2, 0) is 0 Å². The van der Waals surface area contributed by atoms with Gasteiger partial charge in [0.1, 0.15) is 4.88 Å². The third-order valence-electron chi connectivity index (χ3n) is 2.96. The van der Waals surface area contributed by atoms with Crippen molar-refractivity contribution in [3.8, 4) is 0 Å². The quantitative estimate of drug-likeness (QED) is 0.804. The molecule has 0 aliphatic rings. The van der Waals surface area contributed by atoms with E-state index in [4.69, 9.17) is 5.11 Å². The number of aromatic carboxylic acids is 1. The van der Waals surface area contributed by atoms with E-state index in [1.807, 2.05) is 6.07 Å². The van der Waals surface area contributed by atoms with Gasteiger partial charge >= 0.3 is 5.97 Å². The summed E-state index contributed by atoms with van der Waals surface area (Å²) in [7, 11) is 0. The van der Waals surface area contributed by atoms with Crippen LogP contribution in [0.1, 0.15) is 49.7 Å². The Bertz CT molecular complexity index is 362. The van der Waals surface area contributed by atoms with Crippen molar-refractivity contribution in [1.29, 1.82) is 0 Å². The van der Waals surface area contributed by atoms with Gasteiger partial charge in [-0.15, -0.1) is 11.3 Å². The molecule has 1 N–H and O–H groups in total. The van der Waals surface area contributed by atoms with Gasteiger partial charge in [0.15, 0.2) is 0 Å². The summed E-state index contributed by atoms with van der Waals surface area (Å²) in [6.07, 6.45) is 3.37. The van der Waals surface area contributed by atoms with Gasteiger partial charge < -0.3 is 10.0 Å². The second kappa shape index (κ2) is 6.64. The Morgan fingerprint density at radius 1 is 1.47 bits per heavy atom. The van der Waals surface area contributed by atoms with Crippen molar-refractivity contribution in [2.24, 2.45) is 0 Å². The average Bonchev–Trinajstić information content (AvgIpc) is 2.78. The van der Waals surface area contributed by atoms with Crippen LogP contribution in [0.5, 0.6) is 0 Å². The van der Waals surface area contributed by atoms with Crippen molar-refractivity contribution in [2.45, 2.75) is 46.1 Å². The van der Waals surface area contributed by atoms with E-state index in [0.717, 1.165) is 30.8 Å². The minimum absolute atomic E-state index is 0.421. The number of carboxylic acids is 1. The molecule has 0 saturated carbocycles. The number of rotatable bonds is 7. The highest BCUT2D eigenvalue weighted by Gasteiger charge is 2.16. The number of hydrogen-bond donors (Lipinski definition) is 1. The average molecular weight is 255 g/mol. The highest BCUT2D eigenvalue weighted by atomic mass is 32.1. The molecule has 0 aliphatic heterocycles. The Kier molecular flexibility index (Phi) is 5.48. The van der Waals surface area contributed by atoms with Crippen LogP contribution in [0.2, 0.25) is 0 Å². The van der Waals surface area contributed by atoms with Gasteiger partial charge in [-0.2, -0.15) is 0 Å². The maximum absolute atomic E-state index is 10.9. The molecule has 1 rings (SSSR count). The largest absolute Gasteiger partial charge is 0.477 e. The topological polar surface area (TPSA) is 40.5 Å². The van der Waals surface area contributed by atoms with E-state index in [9.17, 15) is 4.79 Å². The fourth-order valence-corrected chi connectivity index (χ4v) is 2.67.